The Morgan fingerprint density at radius 1 is 1.00 bits per heavy atom. The fourth-order valence-electron chi connectivity index (χ4n) is 3.42. The normalized spacial score (nSPS) is 32.4. The first kappa shape index (κ1) is 12.4. The Labute approximate surface area is 101 Å². The zero-order valence-electron chi connectivity index (χ0n) is 11.0. The molecule has 16 heavy (non-hydrogen) atoms. The third-order valence-corrected chi connectivity index (χ3v) is 4.70. The second-order valence-corrected chi connectivity index (χ2v) is 5.58. The van der Waals surface area contributed by atoms with Gasteiger partial charge in [0.15, 0.2) is 0 Å². The average molecular weight is 224 g/mol. The van der Waals surface area contributed by atoms with E-state index in [0.29, 0.717) is 0 Å². The molecule has 1 heterocycles. The molecule has 0 bridgehead atoms. The van der Waals surface area contributed by atoms with Gasteiger partial charge < -0.3 is 5.32 Å². The largest absolute Gasteiger partial charge is 0.314 e. The molecule has 0 aromatic heterocycles. The molecular weight excluding hydrogens is 196 g/mol. The highest BCUT2D eigenvalue weighted by atomic mass is 15.2. The van der Waals surface area contributed by atoms with Gasteiger partial charge in [0.1, 0.15) is 0 Å². The Morgan fingerprint density at radius 3 is 2.38 bits per heavy atom. The SMILES string of the molecule is CCC1CCCC(N(CC)C2CNC2)CC1. The van der Waals surface area contributed by atoms with Crippen molar-refractivity contribution in [3.05, 3.63) is 0 Å². The number of likely N-dealkylation sites (N-methyl/N-ethyl adjacent to an activating group) is 1. The first-order valence-electron chi connectivity index (χ1n) is 7.31. The zero-order valence-corrected chi connectivity index (χ0v) is 11.0. The van der Waals surface area contributed by atoms with Crippen LogP contribution in [0.1, 0.15) is 52.4 Å². The summed E-state index contributed by atoms with van der Waals surface area (Å²) >= 11 is 0. The summed E-state index contributed by atoms with van der Waals surface area (Å²) in [5, 5.41) is 3.41. The van der Waals surface area contributed by atoms with Gasteiger partial charge in [-0.05, 0) is 31.7 Å². The highest BCUT2D eigenvalue weighted by molar-refractivity contribution is 4.89. The minimum atomic E-state index is 0.841. The van der Waals surface area contributed by atoms with E-state index in [0.717, 1.165) is 18.0 Å². The number of hydrogen-bond acceptors (Lipinski definition) is 2. The Balaban J connectivity index is 1.86. The molecule has 1 saturated heterocycles. The third kappa shape index (κ3) is 2.78. The van der Waals surface area contributed by atoms with E-state index in [1.54, 1.807) is 0 Å². The van der Waals surface area contributed by atoms with Crippen LogP contribution in [0.3, 0.4) is 0 Å². The Hall–Kier alpha value is -0.0800. The molecule has 2 heteroatoms. The Morgan fingerprint density at radius 2 is 1.81 bits per heavy atom. The summed E-state index contributed by atoms with van der Waals surface area (Å²) < 4.78 is 0. The maximum absolute atomic E-state index is 3.41. The summed E-state index contributed by atoms with van der Waals surface area (Å²) in [5.41, 5.74) is 0. The van der Waals surface area contributed by atoms with Crippen molar-refractivity contribution in [3.8, 4) is 0 Å². The average Bonchev–Trinajstić information content (AvgIpc) is 2.48. The molecule has 2 aliphatic rings. The van der Waals surface area contributed by atoms with E-state index in [1.807, 2.05) is 0 Å². The standard InChI is InChI=1S/C14H28N2/c1-3-12-6-5-7-13(9-8-12)16(4-2)14-10-15-11-14/h12-15H,3-11H2,1-2H3. The molecule has 0 aromatic carbocycles. The van der Waals surface area contributed by atoms with Crippen molar-refractivity contribution in [2.24, 2.45) is 5.92 Å². The molecule has 0 spiro atoms. The summed E-state index contributed by atoms with van der Waals surface area (Å²) in [6.07, 6.45) is 8.69. The van der Waals surface area contributed by atoms with Gasteiger partial charge in [0.05, 0.1) is 0 Å². The molecule has 0 aromatic rings. The lowest BCUT2D eigenvalue weighted by molar-refractivity contribution is 0.0912. The fraction of sp³-hybridized carbons (Fsp3) is 1.00. The second-order valence-electron chi connectivity index (χ2n) is 5.58. The monoisotopic (exact) mass is 224 g/mol. The first-order chi connectivity index (χ1) is 7.85. The van der Waals surface area contributed by atoms with Crippen LogP contribution in [0.15, 0.2) is 0 Å². The van der Waals surface area contributed by atoms with Gasteiger partial charge in [0.25, 0.3) is 0 Å². The van der Waals surface area contributed by atoms with Gasteiger partial charge in [-0.25, -0.2) is 0 Å². The third-order valence-electron chi connectivity index (χ3n) is 4.70. The van der Waals surface area contributed by atoms with Crippen LogP contribution in [0.25, 0.3) is 0 Å². The van der Waals surface area contributed by atoms with E-state index >= 15 is 0 Å². The highest BCUT2D eigenvalue weighted by Crippen LogP contribution is 2.29. The van der Waals surface area contributed by atoms with Crippen molar-refractivity contribution in [1.82, 2.24) is 10.2 Å². The number of hydrogen-bond donors (Lipinski definition) is 1. The quantitative estimate of drug-likeness (QED) is 0.739. The molecule has 1 aliphatic carbocycles. The lowest BCUT2D eigenvalue weighted by Crippen LogP contribution is -2.59. The molecule has 1 saturated carbocycles. The molecule has 0 radical (unpaired) electrons. The van der Waals surface area contributed by atoms with Crippen LogP contribution in [-0.4, -0.2) is 36.6 Å². The lowest BCUT2D eigenvalue weighted by atomic mass is 9.97. The van der Waals surface area contributed by atoms with Gasteiger partial charge in [-0.15, -0.1) is 0 Å². The van der Waals surface area contributed by atoms with Crippen molar-refractivity contribution in [2.75, 3.05) is 19.6 Å². The molecule has 1 N–H and O–H groups in total. The van der Waals surface area contributed by atoms with Crippen LogP contribution in [0.2, 0.25) is 0 Å². The summed E-state index contributed by atoms with van der Waals surface area (Å²) in [6, 6.07) is 1.72. The van der Waals surface area contributed by atoms with Crippen LogP contribution < -0.4 is 5.32 Å². The first-order valence-corrected chi connectivity index (χ1v) is 7.31. The smallest absolute Gasteiger partial charge is 0.0348 e. The molecule has 2 rings (SSSR count). The maximum atomic E-state index is 3.41. The van der Waals surface area contributed by atoms with Gasteiger partial charge >= 0.3 is 0 Å². The van der Waals surface area contributed by atoms with Crippen molar-refractivity contribution >= 4 is 0 Å². The minimum Gasteiger partial charge on any atom is -0.314 e. The molecule has 0 amide bonds. The topological polar surface area (TPSA) is 15.3 Å². The van der Waals surface area contributed by atoms with E-state index in [9.17, 15) is 0 Å². The van der Waals surface area contributed by atoms with Crippen molar-refractivity contribution in [3.63, 3.8) is 0 Å². The molecule has 2 fully saturated rings. The number of nitrogens with one attached hydrogen (secondary N) is 1. The van der Waals surface area contributed by atoms with E-state index < -0.39 is 0 Å². The van der Waals surface area contributed by atoms with Gasteiger partial charge in [-0.1, -0.05) is 33.1 Å². The van der Waals surface area contributed by atoms with Crippen LogP contribution in [-0.2, 0) is 0 Å². The maximum Gasteiger partial charge on any atom is 0.0348 e. The van der Waals surface area contributed by atoms with Crippen molar-refractivity contribution in [1.29, 1.82) is 0 Å². The molecule has 2 atom stereocenters. The second kappa shape index (κ2) is 6.02. The molecule has 94 valence electrons. The summed E-state index contributed by atoms with van der Waals surface area (Å²) in [7, 11) is 0. The van der Waals surface area contributed by atoms with Crippen LogP contribution >= 0.6 is 0 Å². The summed E-state index contributed by atoms with van der Waals surface area (Å²) in [6.45, 7) is 8.38. The molecule has 2 nitrogen and oxygen atoms in total. The highest BCUT2D eigenvalue weighted by Gasteiger charge is 2.30. The van der Waals surface area contributed by atoms with Crippen molar-refractivity contribution < 1.29 is 0 Å². The van der Waals surface area contributed by atoms with E-state index in [1.165, 1.54) is 58.2 Å². The minimum absolute atomic E-state index is 0.841. The molecule has 2 unspecified atom stereocenters. The van der Waals surface area contributed by atoms with E-state index in [2.05, 4.69) is 24.1 Å². The van der Waals surface area contributed by atoms with Gasteiger partial charge in [0.2, 0.25) is 0 Å². The van der Waals surface area contributed by atoms with Crippen LogP contribution in [0, 0.1) is 5.92 Å². The lowest BCUT2D eigenvalue weighted by Gasteiger charge is -2.42. The molecular formula is C14H28N2. The van der Waals surface area contributed by atoms with E-state index in [-0.39, 0.29) is 0 Å². The predicted octanol–water partition coefficient (Wildman–Crippen LogP) is 2.64. The van der Waals surface area contributed by atoms with Crippen molar-refractivity contribution in [2.45, 2.75) is 64.5 Å². The Kier molecular flexibility index (Phi) is 4.66. The summed E-state index contributed by atoms with van der Waals surface area (Å²) in [5.74, 6) is 1.02. The molecule has 1 aliphatic heterocycles. The van der Waals surface area contributed by atoms with Gasteiger partial charge in [-0.3, -0.25) is 4.90 Å². The van der Waals surface area contributed by atoms with Gasteiger partial charge in [-0.2, -0.15) is 0 Å². The fourth-order valence-corrected chi connectivity index (χ4v) is 3.42. The predicted molar refractivity (Wildman–Crippen MR) is 69.7 cm³/mol. The number of nitrogens with zero attached hydrogens (tertiary/aromatic N) is 1. The summed E-state index contributed by atoms with van der Waals surface area (Å²) in [4.78, 5) is 2.77. The van der Waals surface area contributed by atoms with Crippen LogP contribution in [0.5, 0.6) is 0 Å². The number of rotatable bonds is 4. The van der Waals surface area contributed by atoms with E-state index in [4.69, 9.17) is 0 Å². The zero-order chi connectivity index (χ0) is 11.4. The Bertz CT molecular complexity index is 201. The van der Waals surface area contributed by atoms with Crippen LogP contribution in [0.4, 0.5) is 0 Å². The van der Waals surface area contributed by atoms with Gasteiger partial charge in [0, 0.05) is 25.2 Å².